The first kappa shape index (κ1) is 17.7. The fraction of sp³-hybridized carbons (Fsp3) is 0.143. The lowest BCUT2D eigenvalue weighted by molar-refractivity contribution is 0.319. The second-order valence-corrected chi connectivity index (χ2v) is 6.49. The number of benzene rings is 1. The molecule has 0 saturated carbocycles. The van der Waals surface area contributed by atoms with Crippen LogP contribution in [0.4, 0.5) is 5.69 Å². The van der Waals surface area contributed by atoms with Crippen molar-refractivity contribution in [1.82, 2.24) is 19.7 Å². The lowest BCUT2D eigenvalue weighted by Crippen LogP contribution is -2.01. The van der Waals surface area contributed by atoms with Gasteiger partial charge in [-0.25, -0.2) is 14.6 Å². The summed E-state index contributed by atoms with van der Waals surface area (Å²) in [6, 6.07) is 15.6. The maximum atomic E-state index is 9.05. The Morgan fingerprint density at radius 2 is 1.93 bits per heavy atom. The van der Waals surface area contributed by atoms with Crippen molar-refractivity contribution >= 4 is 22.3 Å². The summed E-state index contributed by atoms with van der Waals surface area (Å²) >= 11 is 0. The maximum Gasteiger partial charge on any atom is 0.154 e. The Bertz CT molecular complexity index is 1190. The summed E-state index contributed by atoms with van der Waals surface area (Å²) in [6.07, 6.45) is 1.83. The van der Waals surface area contributed by atoms with E-state index in [4.69, 9.17) is 5.21 Å². The fourth-order valence-corrected chi connectivity index (χ4v) is 3.16. The van der Waals surface area contributed by atoms with Crippen LogP contribution >= 0.6 is 0 Å². The zero-order valence-electron chi connectivity index (χ0n) is 15.9. The van der Waals surface area contributed by atoms with Crippen LogP contribution in [-0.2, 0) is 0 Å². The predicted octanol–water partition coefficient (Wildman–Crippen LogP) is 4.03. The van der Waals surface area contributed by atoms with Gasteiger partial charge in [0.05, 0.1) is 23.1 Å². The van der Waals surface area contributed by atoms with Gasteiger partial charge in [-0.15, -0.1) is 0 Å². The lowest BCUT2D eigenvalue weighted by atomic mass is 10.1. The molecule has 4 aromatic rings. The Kier molecular flexibility index (Phi) is 4.49. The SMILES string of the molecule is CNc1cc(-c2cccc(/C(C)=N/O)n2)cc2c1cnn2-c1cccc(C)n1. The van der Waals surface area contributed by atoms with Gasteiger partial charge in [-0.1, -0.05) is 17.3 Å². The van der Waals surface area contributed by atoms with Gasteiger partial charge < -0.3 is 10.5 Å². The normalized spacial score (nSPS) is 11.8. The highest BCUT2D eigenvalue weighted by Crippen LogP contribution is 2.31. The van der Waals surface area contributed by atoms with E-state index >= 15 is 0 Å². The van der Waals surface area contributed by atoms with E-state index in [0.29, 0.717) is 11.4 Å². The molecule has 140 valence electrons. The lowest BCUT2D eigenvalue weighted by Gasteiger charge is -2.10. The molecule has 7 heteroatoms. The third-order valence-corrected chi connectivity index (χ3v) is 4.61. The molecular weight excluding hydrogens is 352 g/mol. The number of anilines is 1. The van der Waals surface area contributed by atoms with Crippen molar-refractivity contribution < 1.29 is 5.21 Å². The number of nitrogens with zero attached hydrogens (tertiary/aromatic N) is 5. The Morgan fingerprint density at radius 3 is 2.68 bits per heavy atom. The Labute approximate surface area is 162 Å². The van der Waals surface area contributed by atoms with Gasteiger partial charge in [-0.2, -0.15) is 5.10 Å². The number of aromatic nitrogens is 4. The number of hydrogen-bond acceptors (Lipinski definition) is 6. The molecule has 0 fully saturated rings. The van der Waals surface area contributed by atoms with Gasteiger partial charge in [0.1, 0.15) is 5.71 Å². The topological polar surface area (TPSA) is 88.2 Å². The molecule has 3 aromatic heterocycles. The number of pyridine rings is 2. The Hall–Kier alpha value is -3.74. The monoisotopic (exact) mass is 372 g/mol. The van der Waals surface area contributed by atoms with E-state index in [0.717, 1.165) is 39.4 Å². The average Bonchev–Trinajstić information content (AvgIpc) is 3.16. The maximum absolute atomic E-state index is 9.05. The Morgan fingerprint density at radius 1 is 1.11 bits per heavy atom. The average molecular weight is 372 g/mol. The van der Waals surface area contributed by atoms with E-state index in [1.165, 1.54) is 0 Å². The van der Waals surface area contributed by atoms with Crippen molar-refractivity contribution in [2.24, 2.45) is 5.16 Å². The quantitative estimate of drug-likeness (QED) is 0.321. The molecule has 0 radical (unpaired) electrons. The zero-order chi connectivity index (χ0) is 19.7. The van der Waals surface area contributed by atoms with Crippen LogP contribution in [0.5, 0.6) is 0 Å². The summed E-state index contributed by atoms with van der Waals surface area (Å²) in [4.78, 5) is 9.23. The number of hydrogen-bond donors (Lipinski definition) is 2. The molecule has 3 heterocycles. The van der Waals surface area contributed by atoms with Crippen molar-refractivity contribution in [3.05, 3.63) is 66.1 Å². The molecule has 0 aliphatic carbocycles. The predicted molar refractivity (Wildman–Crippen MR) is 110 cm³/mol. The summed E-state index contributed by atoms with van der Waals surface area (Å²) in [5.74, 6) is 0.763. The number of fused-ring (bicyclic) bond motifs is 1. The van der Waals surface area contributed by atoms with Crippen LogP contribution in [-0.4, -0.2) is 37.7 Å². The second kappa shape index (κ2) is 7.11. The van der Waals surface area contributed by atoms with Crippen LogP contribution in [0, 0.1) is 6.92 Å². The van der Waals surface area contributed by atoms with Gasteiger partial charge in [0.25, 0.3) is 0 Å². The first-order valence-corrected chi connectivity index (χ1v) is 8.90. The highest BCUT2D eigenvalue weighted by Gasteiger charge is 2.13. The van der Waals surface area contributed by atoms with Gasteiger partial charge >= 0.3 is 0 Å². The number of rotatable bonds is 4. The zero-order valence-corrected chi connectivity index (χ0v) is 15.9. The molecule has 0 aliphatic heterocycles. The third-order valence-electron chi connectivity index (χ3n) is 4.61. The van der Waals surface area contributed by atoms with Gasteiger partial charge in [-0.05, 0) is 50.2 Å². The largest absolute Gasteiger partial charge is 0.411 e. The van der Waals surface area contributed by atoms with E-state index in [1.54, 1.807) is 6.92 Å². The highest BCUT2D eigenvalue weighted by atomic mass is 16.4. The molecule has 0 atom stereocenters. The smallest absolute Gasteiger partial charge is 0.154 e. The molecule has 0 bridgehead atoms. The van der Waals surface area contributed by atoms with E-state index in [1.807, 2.05) is 73.4 Å². The van der Waals surface area contributed by atoms with Crippen LogP contribution in [0.2, 0.25) is 0 Å². The van der Waals surface area contributed by atoms with Crippen LogP contribution in [0.3, 0.4) is 0 Å². The van der Waals surface area contributed by atoms with E-state index in [2.05, 4.69) is 25.5 Å². The van der Waals surface area contributed by atoms with Crippen LogP contribution in [0.1, 0.15) is 18.3 Å². The minimum Gasteiger partial charge on any atom is -0.411 e. The summed E-state index contributed by atoms with van der Waals surface area (Å²) in [5.41, 5.74) is 5.61. The van der Waals surface area contributed by atoms with Crippen molar-refractivity contribution in [2.45, 2.75) is 13.8 Å². The second-order valence-electron chi connectivity index (χ2n) is 6.49. The van der Waals surface area contributed by atoms with Crippen molar-refractivity contribution in [3.8, 4) is 17.1 Å². The first-order chi connectivity index (χ1) is 13.6. The molecule has 4 rings (SSSR count). The van der Waals surface area contributed by atoms with Crippen LogP contribution < -0.4 is 5.32 Å². The van der Waals surface area contributed by atoms with E-state index in [-0.39, 0.29) is 0 Å². The molecule has 0 saturated heterocycles. The summed E-state index contributed by atoms with van der Waals surface area (Å²) in [7, 11) is 1.88. The van der Waals surface area contributed by atoms with E-state index < -0.39 is 0 Å². The summed E-state index contributed by atoms with van der Waals surface area (Å²) in [5, 5.41) is 21.1. The summed E-state index contributed by atoms with van der Waals surface area (Å²) in [6.45, 7) is 3.67. The first-order valence-electron chi connectivity index (χ1n) is 8.90. The van der Waals surface area contributed by atoms with Gasteiger partial charge in [0, 0.05) is 29.4 Å². The molecular formula is C21H20N6O. The Balaban J connectivity index is 1.93. The molecule has 0 amide bonds. The van der Waals surface area contributed by atoms with E-state index in [9.17, 15) is 0 Å². The number of oxime groups is 1. The van der Waals surface area contributed by atoms with Gasteiger partial charge in [-0.3, -0.25) is 0 Å². The molecule has 0 spiro atoms. The number of nitrogens with one attached hydrogen (secondary N) is 1. The molecule has 0 unspecified atom stereocenters. The molecule has 0 aliphatic rings. The molecule has 2 N–H and O–H groups in total. The fourth-order valence-electron chi connectivity index (χ4n) is 3.16. The van der Waals surface area contributed by atoms with Crippen molar-refractivity contribution in [1.29, 1.82) is 0 Å². The summed E-state index contributed by atoms with van der Waals surface area (Å²) < 4.78 is 1.83. The van der Waals surface area contributed by atoms with Gasteiger partial charge in [0.15, 0.2) is 5.82 Å². The molecule has 28 heavy (non-hydrogen) atoms. The molecule has 1 aromatic carbocycles. The third kappa shape index (κ3) is 3.07. The molecule has 7 nitrogen and oxygen atoms in total. The highest BCUT2D eigenvalue weighted by molar-refractivity contribution is 5.98. The minimum absolute atomic E-state index is 0.464. The standard InChI is InChI=1S/C21H20N6O/c1-13-6-4-9-21(24-13)27-20-11-15(10-19(22-3)16(20)12-23-27)18-8-5-7-17(25-18)14(2)26-28/h4-12,22,28H,1-3H3/b26-14+. The van der Waals surface area contributed by atoms with Gasteiger partial charge in [0.2, 0.25) is 0 Å². The van der Waals surface area contributed by atoms with Crippen LogP contribution in [0.25, 0.3) is 28.0 Å². The minimum atomic E-state index is 0.464. The number of aryl methyl sites for hydroxylation is 1. The van der Waals surface area contributed by atoms with Crippen molar-refractivity contribution in [3.63, 3.8) is 0 Å². The van der Waals surface area contributed by atoms with Crippen LogP contribution in [0.15, 0.2) is 59.9 Å². The van der Waals surface area contributed by atoms with Crippen molar-refractivity contribution in [2.75, 3.05) is 12.4 Å².